The smallest absolute Gasteiger partial charge is 0.345 e. The molecule has 4 aromatic rings. The summed E-state index contributed by atoms with van der Waals surface area (Å²) >= 11 is 2.20. The molecule has 3 atom stereocenters. The lowest BCUT2D eigenvalue weighted by atomic mass is 10.1. The number of ether oxygens (including phenoxy) is 2. The molecule has 5 rings (SSSR count). The zero-order valence-electron chi connectivity index (χ0n) is 22.9. The molecule has 3 heterocycles. The van der Waals surface area contributed by atoms with Crippen LogP contribution in [-0.2, 0) is 14.3 Å². The second kappa shape index (κ2) is 13.5. The van der Waals surface area contributed by atoms with Crippen LogP contribution in [0.5, 0.6) is 11.5 Å². The van der Waals surface area contributed by atoms with Crippen LogP contribution in [0.15, 0.2) is 73.1 Å². The fourth-order valence-electron chi connectivity index (χ4n) is 4.85. The number of pyridine rings is 1. The molecule has 1 aliphatic rings. The summed E-state index contributed by atoms with van der Waals surface area (Å²) in [5, 5.41) is 6.26. The number of rotatable bonds is 10. The molecule has 1 aliphatic heterocycles. The van der Waals surface area contributed by atoms with E-state index in [1.807, 2.05) is 30.3 Å². The summed E-state index contributed by atoms with van der Waals surface area (Å²) in [6.07, 6.45) is 2.19. The summed E-state index contributed by atoms with van der Waals surface area (Å²) in [6.45, 7) is -1.94. The lowest BCUT2D eigenvalue weighted by Gasteiger charge is -2.25. The van der Waals surface area contributed by atoms with Crippen LogP contribution in [0.4, 0.5) is 8.78 Å². The van der Waals surface area contributed by atoms with E-state index in [0.29, 0.717) is 17.1 Å². The number of hydrogen-bond acceptors (Lipinski definition) is 6. The predicted molar refractivity (Wildman–Crippen MR) is 162 cm³/mol. The van der Waals surface area contributed by atoms with E-state index in [-0.39, 0.29) is 13.0 Å². The number of amides is 3. The molecular weight excluding hydrogens is 675 g/mol. The van der Waals surface area contributed by atoms with Crippen molar-refractivity contribution in [2.24, 2.45) is 0 Å². The Balaban J connectivity index is 1.19. The fraction of sp³-hybridized carbons (Fsp3) is 0.267. The number of alkyl halides is 2. The molecule has 3 amide bonds. The zero-order chi connectivity index (χ0) is 30.5. The maximum atomic E-state index is 13.3. The average Bonchev–Trinajstić information content (AvgIpc) is 3.62. The monoisotopic (exact) mass is 703 g/mol. The van der Waals surface area contributed by atoms with Crippen LogP contribution in [0, 0.1) is 3.57 Å². The van der Waals surface area contributed by atoms with Gasteiger partial charge in [-0.3, -0.25) is 19.4 Å². The van der Waals surface area contributed by atoms with Gasteiger partial charge in [0, 0.05) is 51.1 Å². The van der Waals surface area contributed by atoms with E-state index in [1.165, 1.54) is 4.90 Å². The standard InChI is InChI=1S/C30H28F2IN5O5/c1-17(25-12-19-14-34-11-10-24(19)37-25)36-29(41)26-13-23(43-30(31)32)16-38(26)27(39)15-35-28(40)18-2-6-21(7-3-18)42-22-8-4-20(33)5-9-22/h2-12,14,17,23,26,30,37H,13,15-16H2,1H3,(H,35,40)(H,36,41)/t17-,23-,26?/m1/s1. The first-order valence-electron chi connectivity index (χ1n) is 13.4. The first-order valence-corrected chi connectivity index (χ1v) is 14.5. The minimum absolute atomic E-state index is 0.110. The highest BCUT2D eigenvalue weighted by molar-refractivity contribution is 14.1. The summed E-state index contributed by atoms with van der Waals surface area (Å²) in [4.78, 5) is 47.6. The summed E-state index contributed by atoms with van der Waals surface area (Å²) in [5.41, 5.74) is 1.85. The van der Waals surface area contributed by atoms with Gasteiger partial charge in [0.05, 0.1) is 18.7 Å². The number of benzene rings is 2. The van der Waals surface area contributed by atoms with Gasteiger partial charge in [-0.25, -0.2) is 0 Å². The lowest BCUT2D eigenvalue weighted by Crippen LogP contribution is -2.49. The van der Waals surface area contributed by atoms with Crippen LogP contribution in [0.1, 0.15) is 35.4 Å². The maximum absolute atomic E-state index is 13.3. The number of hydrogen-bond donors (Lipinski definition) is 3. The summed E-state index contributed by atoms with van der Waals surface area (Å²) in [7, 11) is 0. The molecule has 0 aliphatic carbocycles. The molecule has 0 bridgehead atoms. The number of carbonyl (C=O) groups is 3. The Kier molecular flexibility index (Phi) is 9.50. The van der Waals surface area contributed by atoms with Crippen molar-refractivity contribution in [3.05, 3.63) is 87.9 Å². The molecule has 3 N–H and O–H groups in total. The van der Waals surface area contributed by atoms with Crippen molar-refractivity contribution in [1.29, 1.82) is 0 Å². The number of H-pyrrole nitrogens is 1. The van der Waals surface area contributed by atoms with Gasteiger partial charge in [0.25, 0.3) is 5.91 Å². The molecule has 1 fully saturated rings. The normalized spacial score (nSPS) is 17.2. The number of carbonyl (C=O) groups excluding carboxylic acids is 3. The van der Waals surface area contributed by atoms with Crippen molar-refractivity contribution in [1.82, 2.24) is 25.5 Å². The van der Waals surface area contributed by atoms with E-state index in [4.69, 9.17) is 4.74 Å². The second-order valence-electron chi connectivity index (χ2n) is 10.00. The topological polar surface area (TPSA) is 126 Å². The molecule has 0 spiro atoms. The summed E-state index contributed by atoms with van der Waals surface area (Å²) < 4.78 is 37.4. The summed E-state index contributed by atoms with van der Waals surface area (Å²) in [5.74, 6) is -0.459. The van der Waals surface area contributed by atoms with Gasteiger partial charge in [-0.15, -0.1) is 0 Å². The van der Waals surface area contributed by atoms with Crippen LogP contribution in [0.3, 0.4) is 0 Å². The molecule has 0 saturated carbocycles. The molecule has 2 aromatic carbocycles. The minimum Gasteiger partial charge on any atom is -0.457 e. The van der Waals surface area contributed by atoms with Gasteiger partial charge in [-0.1, -0.05) is 0 Å². The third-order valence-corrected chi connectivity index (χ3v) is 7.73. The van der Waals surface area contributed by atoms with E-state index < -0.39 is 49.1 Å². The van der Waals surface area contributed by atoms with Crippen molar-refractivity contribution in [2.75, 3.05) is 13.1 Å². The Labute approximate surface area is 259 Å². The average molecular weight is 703 g/mol. The highest BCUT2D eigenvalue weighted by Crippen LogP contribution is 2.25. The van der Waals surface area contributed by atoms with Gasteiger partial charge < -0.3 is 30.0 Å². The number of aromatic nitrogens is 2. The van der Waals surface area contributed by atoms with Crippen LogP contribution in [0.2, 0.25) is 0 Å². The van der Waals surface area contributed by atoms with Gasteiger partial charge in [0.2, 0.25) is 11.8 Å². The number of nitrogens with zero attached hydrogens (tertiary/aromatic N) is 2. The Bertz CT molecular complexity index is 1570. The predicted octanol–water partition coefficient (Wildman–Crippen LogP) is 4.78. The second-order valence-corrected chi connectivity index (χ2v) is 11.2. The van der Waals surface area contributed by atoms with E-state index in [1.54, 1.807) is 49.6 Å². The molecule has 10 nitrogen and oxygen atoms in total. The fourth-order valence-corrected chi connectivity index (χ4v) is 5.21. The Hall–Kier alpha value is -4.11. The maximum Gasteiger partial charge on any atom is 0.345 e. The Morgan fingerprint density at radius 3 is 2.47 bits per heavy atom. The van der Waals surface area contributed by atoms with Gasteiger partial charge in [0.15, 0.2) is 0 Å². The molecular formula is C30H28F2IN5O5. The number of fused-ring (bicyclic) bond motifs is 1. The Morgan fingerprint density at radius 2 is 1.79 bits per heavy atom. The number of nitrogens with one attached hydrogen (secondary N) is 3. The first kappa shape index (κ1) is 30.4. The third kappa shape index (κ3) is 7.65. The van der Waals surface area contributed by atoms with Crippen molar-refractivity contribution >= 4 is 51.2 Å². The third-order valence-electron chi connectivity index (χ3n) is 7.01. The van der Waals surface area contributed by atoms with Crippen molar-refractivity contribution in [3.8, 4) is 11.5 Å². The SMILES string of the molecule is C[C@@H](NC(=O)C1C[C@@H](OC(F)F)CN1C(=O)CNC(=O)c1ccc(Oc2ccc(I)cc2)cc1)c1cc2cnccc2[nH]1. The number of aromatic amines is 1. The quantitative estimate of drug-likeness (QED) is 0.205. The van der Waals surface area contributed by atoms with Crippen LogP contribution < -0.4 is 15.4 Å². The number of likely N-dealkylation sites (tertiary alicyclic amines) is 1. The van der Waals surface area contributed by atoms with E-state index in [9.17, 15) is 23.2 Å². The highest BCUT2D eigenvalue weighted by Gasteiger charge is 2.41. The molecule has 0 radical (unpaired) electrons. The van der Waals surface area contributed by atoms with Crippen molar-refractivity contribution in [3.63, 3.8) is 0 Å². The van der Waals surface area contributed by atoms with Gasteiger partial charge in [-0.05, 0) is 90.2 Å². The molecule has 43 heavy (non-hydrogen) atoms. The molecule has 1 unspecified atom stereocenters. The largest absolute Gasteiger partial charge is 0.457 e. The molecule has 1 saturated heterocycles. The van der Waals surface area contributed by atoms with Crippen LogP contribution >= 0.6 is 22.6 Å². The molecule has 224 valence electrons. The van der Waals surface area contributed by atoms with E-state index in [0.717, 1.165) is 20.2 Å². The van der Waals surface area contributed by atoms with Crippen molar-refractivity contribution in [2.45, 2.75) is 38.1 Å². The molecule has 13 heteroatoms. The molecule has 2 aromatic heterocycles. The Morgan fingerprint density at radius 1 is 1.09 bits per heavy atom. The van der Waals surface area contributed by atoms with Gasteiger partial charge in [0.1, 0.15) is 17.5 Å². The van der Waals surface area contributed by atoms with Gasteiger partial charge >= 0.3 is 6.61 Å². The minimum atomic E-state index is -3.06. The first-order chi connectivity index (χ1) is 20.7. The highest BCUT2D eigenvalue weighted by atomic mass is 127. The zero-order valence-corrected chi connectivity index (χ0v) is 25.1. The van der Waals surface area contributed by atoms with Crippen LogP contribution in [0.25, 0.3) is 10.9 Å². The van der Waals surface area contributed by atoms with Crippen LogP contribution in [-0.4, -0.2) is 64.4 Å². The summed E-state index contributed by atoms with van der Waals surface area (Å²) in [6, 6.07) is 16.0. The van der Waals surface area contributed by atoms with Gasteiger partial charge in [-0.2, -0.15) is 8.78 Å². The van der Waals surface area contributed by atoms with E-state index >= 15 is 0 Å². The lowest BCUT2D eigenvalue weighted by molar-refractivity contribution is -0.160. The van der Waals surface area contributed by atoms with E-state index in [2.05, 4.69) is 47.9 Å². The number of halogens is 3. The van der Waals surface area contributed by atoms with Crippen molar-refractivity contribution < 1.29 is 32.6 Å².